The summed E-state index contributed by atoms with van der Waals surface area (Å²) in [5, 5.41) is 19.3. The summed E-state index contributed by atoms with van der Waals surface area (Å²) in [5.74, 6) is -0.693. The molecule has 1 aliphatic heterocycles. The molecule has 1 saturated heterocycles. The van der Waals surface area contributed by atoms with Crippen molar-refractivity contribution in [3.05, 3.63) is 28.2 Å². The molecule has 1 aromatic heterocycles. The van der Waals surface area contributed by atoms with Crippen LogP contribution in [-0.4, -0.2) is 34.2 Å². The molecule has 2 rings (SSSR count). The normalized spacial score (nSPS) is 16.3. The van der Waals surface area contributed by atoms with E-state index in [2.05, 4.69) is 4.98 Å². The van der Waals surface area contributed by atoms with E-state index in [0.717, 1.165) is 12.3 Å². The van der Waals surface area contributed by atoms with Gasteiger partial charge in [-0.2, -0.15) is 0 Å². The second-order valence-electron chi connectivity index (χ2n) is 3.31. The topological polar surface area (TPSA) is 79.5 Å². The van der Waals surface area contributed by atoms with Gasteiger partial charge in [0, 0.05) is 13.1 Å². The molecule has 0 saturated carbocycles. The van der Waals surface area contributed by atoms with E-state index in [1.54, 1.807) is 0 Å². The minimum atomic E-state index is -0.740. The zero-order valence-electron chi connectivity index (χ0n) is 7.63. The number of β-amino-alcohol motifs (C(OH)–C–C–N with tert-alkyl or cyclic N) is 1. The molecule has 0 aliphatic carbocycles. The van der Waals surface area contributed by atoms with Gasteiger partial charge in [-0.1, -0.05) is 0 Å². The van der Waals surface area contributed by atoms with Crippen molar-refractivity contribution in [1.82, 2.24) is 4.98 Å². The predicted molar refractivity (Wildman–Crippen MR) is 49.1 cm³/mol. The van der Waals surface area contributed by atoms with Crippen LogP contribution in [0.2, 0.25) is 0 Å². The molecule has 7 heteroatoms. The van der Waals surface area contributed by atoms with Crippen molar-refractivity contribution >= 4 is 11.5 Å². The highest BCUT2D eigenvalue weighted by atomic mass is 19.1. The highest BCUT2D eigenvalue weighted by Crippen LogP contribution is 2.24. The number of pyridine rings is 1. The molecule has 1 aromatic rings. The monoisotopic (exact) mass is 213 g/mol. The van der Waals surface area contributed by atoms with Crippen molar-refractivity contribution in [3.8, 4) is 0 Å². The van der Waals surface area contributed by atoms with Crippen LogP contribution in [0.4, 0.5) is 15.9 Å². The molecule has 1 fully saturated rings. The maximum Gasteiger partial charge on any atom is 0.290 e. The summed E-state index contributed by atoms with van der Waals surface area (Å²) in [5.41, 5.74) is -0.377. The Morgan fingerprint density at radius 1 is 1.67 bits per heavy atom. The van der Waals surface area contributed by atoms with Gasteiger partial charge >= 0.3 is 0 Å². The van der Waals surface area contributed by atoms with Crippen LogP contribution in [0.15, 0.2) is 12.3 Å². The molecule has 0 radical (unpaired) electrons. The zero-order chi connectivity index (χ0) is 11.0. The van der Waals surface area contributed by atoms with Crippen molar-refractivity contribution in [1.29, 1.82) is 0 Å². The fraction of sp³-hybridized carbons (Fsp3) is 0.375. The first kappa shape index (κ1) is 9.78. The summed E-state index contributed by atoms with van der Waals surface area (Å²) in [6.45, 7) is 0.615. The highest BCUT2D eigenvalue weighted by Gasteiger charge is 2.28. The van der Waals surface area contributed by atoms with E-state index in [9.17, 15) is 14.5 Å². The van der Waals surface area contributed by atoms with Crippen molar-refractivity contribution in [2.75, 3.05) is 18.0 Å². The Labute approximate surface area is 84.1 Å². The molecule has 15 heavy (non-hydrogen) atoms. The van der Waals surface area contributed by atoms with Gasteiger partial charge in [0.1, 0.15) is 6.20 Å². The fourth-order valence-electron chi connectivity index (χ4n) is 1.38. The molecule has 1 aliphatic rings. The van der Waals surface area contributed by atoms with Gasteiger partial charge in [-0.05, 0) is 0 Å². The van der Waals surface area contributed by atoms with E-state index < -0.39 is 16.8 Å². The molecule has 0 spiro atoms. The Morgan fingerprint density at radius 2 is 2.33 bits per heavy atom. The summed E-state index contributed by atoms with van der Waals surface area (Å²) in [4.78, 5) is 14.8. The first-order valence-electron chi connectivity index (χ1n) is 4.31. The van der Waals surface area contributed by atoms with E-state index in [0.29, 0.717) is 13.1 Å². The molecule has 0 unspecified atom stereocenters. The number of halogens is 1. The minimum absolute atomic E-state index is 0.0471. The predicted octanol–water partition coefficient (Wildman–Crippen LogP) is 0.310. The quantitative estimate of drug-likeness (QED) is 0.565. The third kappa shape index (κ3) is 1.73. The first-order chi connectivity index (χ1) is 7.08. The Kier molecular flexibility index (Phi) is 2.24. The summed E-state index contributed by atoms with van der Waals surface area (Å²) >= 11 is 0. The maximum absolute atomic E-state index is 13.3. The number of hydrogen-bond acceptors (Lipinski definition) is 5. The van der Waals surface area contributed by atoms with Gasteiger partial charge in [0.25, 0.3) is 5.69 Å². The molecular formula is C8H8FN3O3. The van der Waals surface area contributed by atoms with Gasteiger partial charge in [0.05, 0.1) is 17.1 Å². The van der Waals surface area contributed by atoms with Crippen LogP contribution in [0.1, 0.15) is 0 Å². The van der Waals surface area contributed by atoms with E-state index >= 15 is 0 Å². The first-order valence-corrected chi connectivity index (χ1v) is 4.31. The lowest BCUT2D eigenvalue weighted by Gasteiger charge is -2.36. The lowest BCUT2D eigenvalue weighted by Crippen LogP contribution is -2.51. The summed E-state index contributed by atoms with van der Waals surface area (Å²) in [6.07, 6.45) is 0.532. The molecule has 6 nitrogen and oxygen atoms in total. The number of aromatic nitrogens is 1. The summed E-state index contributed by atoms with van der Waals surface area (Å²) < 4.78 is 13.3. The largest absolute Gasteiger partial charge is 0.389 e. The Morgan fingerprint density at radius 3 is 2.80 bits per heavy atom. The Hall–Kier alpha value is -1.76. The molecule has 1 N–H and O–H groups in total. The molecular weight excluding hydrogens is 205 g/mol. The smallest absolute Gasteiger partial charge is 0.290 e. The lowest BCUT2D eigenvalue weighted by atomic mass is 10.1. The number of rotatable bonds is 2. The SMILES string of the molecule is O=[N+]([O-])c1cnc(N2CC(O)C2)c(F)c1. The van der Waals surface area contributed by atoms with Crippen LogP contribution >= 0.6 is 0 Å². The van der Waals surface area contributed by atoms with Gasteiger partial charge in [0.15, 0.2) is 11.6 Å². The fourth-order valence-corrected chi connectivity index (χ4v) is 1.38. The Bertz CT molecular complexity index is 406. The van der Waals surface area contributed by atoms with E-state index in [4.69, 9.17) is 5.11 Å². The number of aliphatic hydroxyl groups excluding tert-OH is 1. The number of nitro groups is 1. The number of aliphatic hydroxyl groups is 1. The number of anilines is 1. The molecule has 0 atom stereocenters. The number of nitrogens with zero attached hydrogens (tertiary/aromatic N) is 3. The highest BCUT2D eigenvalue weighted by molar-refractivity contribution is 5.47. The maximum atomic E-state index is 13.3. The van der Waals surface area contributed by atoms with Crippen LogP contribution in [0, 0.1) is 15.9 Å². The molecule has 0 aromatic carbocycles. The summed E-state index contributed by atoms with van der Waals surface area (Å²) in [7, 11) is 0. The van der Waals surface area contributed by atoms with E-state index in [1.807, 2.05) is 0 Å². The second kappa shape index (κ2) is 3.43. The molecule has 80 valence electrons. The van der Waals surface area contributed by atoms with Gasteiger partial charge in [-0.15, -0.1) is 0 Å². The molecule has 0 amide bonds. The second-order valence-corrected chi connectivity index (χ2v) is 3.31. The third-order valence-electron chi connectivity index (χ3n) is 2.18. The van der Waals surface area contributed by atoms with Gasteiger partial charge in [-0.3, -0.25) is 10.1 Å². The summed E-state index contributed by atoms with van der Waals surface area (Å²) in [6, 6.07) is 0.826. The van der Waals surface area contributed by atoms with Gasteiger partial charge in [0.2, 0.25) is 0 Å². The minimum Gasteiger partial charge on any atom is -0.389 e. The Balaban J connectivity index is 2.23. The molecule has 2 heterocycles. The van der Waals surface area contributed by atoms with Crippen LogP contribution < -0.4 is 4.90 Å². The zero-order valence-corrected chi connectivity index (χ0v) is 7.63. The van der Waals surface area contributed by atoms with Crippen LogP contribution in [0.3, 0.4) is 0 Å². The van der Waals surface area contributed by atoms with Crippen LogP contribution in [0.25, 0.3) is 0 Å². The van der Waals surface area contributed by atoms with E-state index in [1.165, 1.54) is 4.90 Å². The average molecular weight is 213 g/mol. The molecule has 0 bridgehead atoms. The van der Waals surface area contributed by atoms with Crippen molar-refractivity contribution in [2.45, 2.75) is 6.10 Å². The third-order valence-corrected chi connectivity index (χ3v) is 2.18. The standard InChI is InChI=1S/C8H8FN3O3/c9-7-1-5(12(14)15)2-10-8(7)11-3-6(13)4-11/h1-2,6,13H,3-4H2. The lowest BCUT2D eigenvalue weighted by molar-refractivity contribution is -0.385. The van der Waals surface area contributed by atoms with Crippen molar-refractivity contribution in [2.24, 2.45) is 0 Å². The van der Waals surface area contributed by atoms with Crippen molar-refractivity contribution < 1.29 is 14.4 Å². The van der Waals surface area contributed by atoms with Gasteiger partial charge in [-0.25, -0.2) is 9.37 Å². The van der Waals surface area contributed by atoms with Crippen LogP contribution in [-0.2, 0) is 0 Å². The van der Waals surface area contributed by atoms with Crippen molar-refractivity contribution in [3.63, 3.8) is 0 Å². The van der Waals surface area contributed by atoms with E-state index in [-0.39, 0.29) is 11.5 Å². The van der Waals surface area contributed by atoms with Crippen LogP contribution in [0.5, 0.6) is 0 Å². The average Bonchev–Trinajstić information content (AvgIpc) is 2.13. The van der Waals surface area contributed by atoms with Gasteiger partial charge < -0.3 is 10.0 Å². The number of hydrogen-bond donors (Lipinski definition) is 1.